The van der Waals surface area contributed by atoms with Gasteiger partial charge in [-0.1, -0.05) is 24.3 Å². The summed E-state index contributed by atoms with van der Waals surface area (Å²) in [5, 5.41) is 0. The smallest absolute Gasteiger partial charge is 0.131 e. The van der Waals surface area contributed by atoms with Crippen molar-refractivity contribution in [1.82, 2.24) is 4.90 Å². The van der Waals surface area contributed by atoms with E-state index in [1.54, 1.807) is 0 Å². The van der Waals surface area contributed by atoms with Gasteiger partial charge in [-0.3, -0.25) is 4.99 Å². The topological polar surface area (TPSA) is 24.8 Å². The molecule has 2 heterocycles. The van der Waals surface area contributed by atoms with Crippen molar-refractivity contribution in [2.24, 2.45) is 4.99 Å². The zero-order chi connectivity index (χ0) is 10.1. The van der Waals surface area contributed by atoms with E-state index in [1.807, 2.05) is 0 Å². The van der Waals surface area contributed by atoms with Gasteiger partial charge in [-0.25, -0.2) is 0 Å². The van der Waals surface area contributed by atoms with Gasteiger partial charge in [0, 0.05) is 18.7 Å². The SMILES string of the molecule is c1ccc2c(c1)CN=C2N1CCOCC1. The molecule has 0 radical (unpaired) electrons. The predicted molar refractivity (Wildman–Crippen MR) is 59.1 cm³/mol. The standard InChI is InChI=1S/C12H14N2O/c1-2-4-11-10(3-1)9-13-12(11)14-5-7-15-8-6-14/h1-4H,5-9H2. The molecule has 2 aliphatic heterocycles. The number of aliphatic imine (C=N–C) groups is 1. The zero-order valence-corrected chi connectivity index (χ0v) is 8.65. The molecule has 0 amide bonds. The van der Waals surface area contributed by atoms with Crippen LogP contribution in [0, 0.1) is 0 Å². The summed E-state index contributed by atoms with van der Waals surface area (Å²) >= 11 is 0. The van der Waals surface area contributed by atoms with Gasteiger partial charge in [0.1, 0.15) is 5.84 Å². The maximum absolute atomic E-state index is 5.35. The van der Waals surface area contributed by atoms with Crippen molar-refractivity contribution in [3.63, 3.8) is 0 Å². The van der Waals surface area contributed by atoms with Gasteiger partial charge in [-0.2, -0.15) is 0 Å². The van der Waals surface area contributed by atoms with E-state index in [-0.39, 0.29) is 0 Å². The normalized spacial score (nSPS) is 20.0. The Morgan fingerprint density at radius 3 is 2.80 bits per heavy atom. The van der Waals surface area contributed by atoms with Crippen molar-refractivity contribution in [3.05, 3.63) is 35.4 Å². The van der Waals surface area contributed by atoms with Gasteiger partial charge in [-0.05, 0) is 5.56 Å². The molecule has 0 spiro atoms. The fourth-order valence-electron chi connectivity index (χ4n) is 2.17. The highest BCUT2D eigenvalue weighted by molar-refractivity contribution is 6.02. The van der Waals surface area contributed by atoms with Gasteiger partial charge in [-0.15, -0.1) is 0 Å². The Hall–Kier alpha value is -1.35. The summed E-state index contributed by atoms with van der Waals surface area (Å²) in [6, 6.07) is 8.49. The lowest BCUT2D eigenvalue weighted by atomic mass is 10.1. The van der Waals surface area contributed by atoms with E-state index in [9.17, 15) is 0 Å². The van der Waals surface area contributed by atoms with Crippen molar-refractivity contribution >= 4 is 5.84 Å². The Balaban J connectivity index is 1.89. The summed E-state index contributed by atoms with van der Waals surface area (Å²) in [6.07, 6.45) is 0. The lowest BCUT2D eigenvalue weighted by molar-refractivity contribution is 0.0683. The van der Waals surface area contributed by atoms with E-state index < -0.39 is 0 Å². The molecule has 0 aromatic heterocycles. The number of nitrogens with zero attached hydrogens (tertiary/aromatic N) is 2. The van der Waals surface area contributed by atoms with Crippen LogP contribution in [-0.2, 0) is 11.3 Å². The number of benzene rings is 1. The second-order valence-corrected chi connectivity index (χ2v) is 3.90. The first-order valence-electron chi connectivity index (χ1n) is 5.40. The molecule has 0 saturated carbocycles. The van der Waals surface area contributed by atoms with Crippen LogP contribution in [0.25, 0.3) is 0 Å². The maximum Gasteiger partial charge on any atom is 0.131 e. The number of morpholine rings is 1. The monoisotopic (exact) mass is 202 g/mol. The van der Waals surface area contributed by atoms with Crippen LogP contribution in [-0.4, -0.2) is 37.0 Å². The van der Waals surface area contributed by atoms with Gasteiger partial charge < -0.3 is 9.64 Å². The molecule has 0 N–H and O–H groups in total. The molecule has 1 aromatic rings. The molecule has 78 valence electrons. The van der Waals surface area contributed by atoms with Crippen molar-refractivity contribution in [2.45, 2.75) is 6.54 Å². The third kappa shape index (κ3) is 1.53. The van der Waals surface area contributed by atoms with Crippen molar-refractivity contribution in [3.8, 4) is 0 Å². The van der Waals surface area contributed by atoms with Crippen LogP contribution < -0.4 is 0 Å². The van der Waals surface area contributed by atoms with Gasteiger partial charge in [0.25, 0.3) is 0 Å². The zero-order valence-electron chi connectivity index (χ0n) is 8.65. The minimum Gasteiger partial charge on any atom is -0.378 e. The van der Waals surface area contributed by atoms with Crippen molar-refractivity contribution < 1.29 is 4.74 Å². The van der Waals surface area contributed by atoms with Gasteiger partial charge in [0.15, 0.2) is 0 Å². The molecular weight excluding hydrogens is 188 g/mol. The number of ether oxygens (including phenoxy) is 1. The van der Waals surface area contributed by atoms with Crippen molar-refractivity contribution in [2.75, 3.05) is 26.3 Å². The Morgan fingerprint density at radius 2 is 1.93 bits per heavy atom. The lowest BCUT2D eigenvalue weighted by Crippen LogP contribution is -2.40. The summed E-state index contributed by atoms with van der Waals surface area (Å²) in [4.78, 5) is 6.94. The van der Waals surface area contributed by atoms with Gasteiger partial charge in [0.05, 0.1) is 19.8 Å². The van der Waals surface area contributed by atoms with Crippen LogP contribution in [0.3, 0.4) is 0 Å². The molecule has 3 nitrogen and oxygen atoms in total. The van der Waals surface area contributed by atoms with E-state index in [0.29, 0.717) is 0 Å². The van der Waals surface area contributed by atoms with Crippen LogP contribution in [0.5, 0.6) is 0 Å². The molecule has 0 aliphatic carbocycles. The second-order valence-electron chi connectivity index (χ2n) is 3.90. The number of fused-ring (bicyclic) bond motifs is 1. The quantitative estimate of drug-likeness (QED) is 0.633. The number of rotatable bonds is 0. The maximum atomic E-state index is 5.35. The Morgan fingerprint density at radius 1 is 1.13 bits per heavy atom. The third-order valence-electron chi connectivity index (χ3n) is 2.97. The first kappa shape index (κ1) is 8.92. The molecule has 1 fully saturated rings. The average Bonchev–Trinajstić information content (AvgIpc) is 2.74. The molecule has 0 unspecified atom stereocenters. The van der Waals surface area contributed by atoms with E-state index in [4.69, 9.17) is 4.74 Å². The highest BCUT2D eigenvalue weighted by Crippen LogP contribution is 2.20. The molecule has 0 atom stereocenters. The van der Waals surface area contributed by atoms with Gasteiger partial charge in [0.2, 0.25) is 0 Å². The summed E-state index contributed by atoms with van der Waals surface area (Å²) in [5.74, 6) is 1.16. The van der Waals surface area contributed by atoms with Crippen LogP contribution in [0.4, 0.5) is 0 Å². The van der Waals surface area contributed by atoms with Crippen LogP contribution >= 0.6 is 0 Å². The number of hydrogen-bond acceptors (Lipinski definition) is 3. The second kappa shape index (κ2) is 3.66. The summed E-state index contributed by atoms with van der Waals surface area (Å²) < 4.78 is 5.35. The fourth-order valence-corrected chi connectivity index (χ4v) is 2.17. The number of amidine groups is 1. The molecule has 1 saturated heterocycles. The van der Waals surface area contributed by atoms with E-state index in [1.165, 1.54) is 11.1 Å². The molecule has 3 rings (SSSR count). The highest BCUT2D eigenvalue weighted by Gasteiger charge is 2.22. The highest BCUT2D eigenvalue weighted by atomic mass is 16.5. The molecule has 0 bridgehead atoms. The van der Waals surface area contributed by atoms with E-state index in [2.05, 4.69) is 34.2 Å². The first-order chi connectivity index (χ1) is 7.45. The lowest BCUT2D eigenvalue weighted by Gasteiger charge is -2.28. The molecule has 1 aromatic carbocycles. The molecule has 3 heteroatoms. The minimum atomic E-state index is 0.821. The third-order valence-corrected chi connectivity index (χ3v) is 2.97. The molecule has 2 aliphatic rings. The largest absolute Gasteiger partial charge is 0.378 e. The Bertz CT molecular complexity index is 394. The Kier molecular flexibility index (Phi) is 2.18. The first-order valence-corrected chi connectivity index (χ1v) is 5.40. The average molecular weight is 202 g/mol. The summed E-state index contributed by atoms with van der Waals surface area (Å²) in [6.45, 7) is 4.41. The van der Waals surface area contributed by atoms with Crippen LogP contribution in [0.2, 0.25) is 0 Å². The van der Waals surface area contributed by atoms with Crippen molar-refractivity contribution in [1.29, 1.82) is 0 Å². The molecular formula is C12H14N2O. The van der Waals surface area contributed by atoms with Crippen LogP contribution in [0.1, 0.15) is 11.1 Å². The summed E-state index contributed by atoms with van der Waals surface area (Å²) in [7, 11) is 0. The fraction of sp³-hybridized carbons (Fsp3) is 0.417. The van der Waals surface area contributed by atoms with E-state index in [0.717, 1.165) is 38.7 Å². The Labute approximate surface area is 89.4 Å². The van der Waals surface area contributed by atoms with Crippen LogP contribution in [0.15, 0.2) is 29.3 Å². The summed E-state index contributed by atoms with van der Waals surface area (Å²) in [5.41, 5.74) is 2.65. The van der Waals surface area contributed by atoms with Gasteiger partial charge >= 0.3 is 0 Å². The minimum absolute atomic E-state index is 0.821. The number of hydrogen-bond donors (Lipinski definition) is 0. The predicted octanol–water partition coefficient (Wildman–Crippen LogP) is 1.28. The molecule has 15 heavy (non-hydrogen) atoms. The van der Waals surface area contributed by atoms with E-state index >= 15 is 0 Å².